The summed E-state index contributed by atoms with van der Waals surface area (Å²) in [6.07, 6.45) is 2.14. The molecule has 4 nitrogen and oxygen atoms in total. The molecular weight excluding hydrogens is 356 g/mol. The van der Waals surface area contributed by atoms with Crippen molar-refractivity contribution in [1.29, 1.82) is 0 Å². The Morgan fingerprint density at radius 1 is 1.11 bits per heavy atom. The molecule has 0 saturated carbocycles. The van der Waals surface area contributed by atoms with Crippen molar-refractivity contribution in [2.45, 2.75) is 31.2 Å². The van der Waals surface area contributed by atoms with Crippen molar-refractivity contribution >= 4 is 29.3 Å². The van der Waals surface area contributed by atoms with E-state index in [9.17, 15) is 9.59 Å². The van der Waals surface area contributed by atoms with E-state index in [0.717, 1.165) is 42.1 Å². The average Bonchev–Trinajstić information content (AvgIpc) is 2.70. The zero-order valence-electron chi connectivity index (χ0n) is 15.6. The van der Waals surface area contributed by atoms with Crippen molar-refractivity contribution in [3.8, 4) is 0 Å². The Bertz CT molecular complexity index is 859. The largest absolute Gasteiger partial charge is 0.339 e. The summed E-state index contributed by atoms with van der Waals surface area (Å²) in [6.45, 7) is 4.40. The van der Waals surface area contributed by atoms with Gasteiger partial charge in [-0.05, 0) is 48.6 Å². The Balaban J connectivity index is 1.53. The maximum Gasteiger partial charge on any atom is 0.253 e. The standard InChI is InChI=1S/C22H24N2O2S/c1-16-9-11-23(12-10-16)22(26)18-6-4-5-17(13-18)14-24-19-7-2-3-8-20(19)27-15-21(24)25/h2-8,13,16H,9-12,14-15H2,1H3. The molecule has 27 heavy (non-hydrogen) atoms. The molecule has 0 spiro atoms. The van der Waals surface area contributed by atoms with E-state index in [0.29, 0.717) is 23.8 Å². The number of rotatable bonds is 3. The summed E-state index contributed by atoms with van der Waals surface area (Å²) in [5.41, 5.74) is 2.66. The Kier molecular flexibility index (Phi) is 5.21. The van der Waals surface area contributed by atoms with Gasteiger partial charge in [0.1, 0.15) is 0 Å². The predicted molar refractivity (Wildman–Crippen MR) is 109 cm³/mol. The molecule has 1 saturated heterocycles. The molecular formula is C22H24N2O2S. The highest BCUT2D eigenvalue weighted by atomic mass is 32.2. The fraction of sp³-hybridized carbons (Fsp3) is 0.364. The first-order valence-electron chi connectivity index (χ1n) is 9.52. The van der Waals surface area contributed by atoms with E-state index in [1.807, 2.05) is 52.3 Å². The first-order chi connectivity index (χ1) is 13.1. The molecule has 0 unspecified atom stereocenters. The summed E-state index contributed by atoms with van der Waals surface area (Å²) in [7, 11) is 0. The van der Waals surface area contributed by atoms with Crippen LogP contribution in [0.2, 0.25) is 0 Å². The molecule has 2 aliphatic heterocycles. The third-order valence-corrected chi connectivity index (χ3v) is 6.44. The number of hydrogen-bond donors (Lipinski definition) is 0. The fourth-order valence-corrected chi connectivity index (χ4v) is 4.64. The Labute approximate surface area is 164 Å². The van der Waals surface area contributed by atoms with Crippen LogP contribution in [0.4, 0.5) is 5.69 Å². The highest BCUT2D eigenvalue weighted by Crippen LogP contribution is 2.35. The number of carbonyl (C=O) groups excluding carboxylic acids is 2. The molecule has 140 valence electrons. The van der Waals surface area contributed by atoms with Crippen LogP contribution in [0.5, 0.6) is 0 Å². The number of anilines is 1. The molecule has 5 heteroatoms. The Morgan fingerprint density at radius 3 is 2.70 bits per heavy atom. The zero-order valence-corrected chi connectivity index (χ0v) is 16.4. The lowest BCUT2D eigenvalue weighted by Gasteiger charge is -2.31. The summed E-state index contributed by atoms with van der Waals surface area (Å²) in [5.74, 6) is 1.37. The minimum Gasteiger partial charge on any atom is -0.339 e. The van der Waals surface area contributed by atoms with Crippen molar-refractivity contribution in [2.24, 2.45) is 5.92 Å². The molecule has 2 aromatic rings. The molecule has 4 rings (SSSR count). The zero-order chi connectivity index (χ0) is 18.8. The molecule has 1 fully saturated rings. The quantitative estimate of drug-likeness (QED) is 0.801. The number of fused-ring (bicyclic) bond motifs is 1. The van der Waals surface area contributed by atoms with E-state index < -0.39 is 0 Å². The van der Waals surface area contributed by atoms with Crippen LogP contribution in [-0.4, -0.2) is 35.6 Å². The van der Waals surface area contributed by atoms with Crippen molar-refractivity contribution in [2.75, 3.05) is 23.7 Å². The van der Waals surface area contributed by atoms with Gasteiger partial charge in [0, 0.05) is 23.5 Å². The Morgan fingerprint density at radius 2 is 1.89 bits per heavy atom. The van der Waals surface area contributed by atoms with Crippen LogP contribution in [0, 0.1) is 5.92 Å². The van der Waals surface area contributed by atoms with Gasteiger partial charge < -0.3 is 9.80 Å². The van der Waals surface area contributed by atoms with Crippen LogP contribution in [0.1, 0.15) is 35.7 Å². The number of para-hydroxylation sites is 1. The normalized spacial score (nSPS) is 17.7. The van der Waals surface area contributed by atoms with Crippen LogP contribution >= 0.6 is 11.8 Å². The van der Waals surface area contributed by atoms with Crippen molar-refractivity contribution in [3.63, 3.8) is 0 Å². The van der Waals surface area contributed by atoms with Crippen molar-refractivity contribution in [1.82, 2.24) is 4.90 Å². The third kappa shape index (κ3) is 3.88. The summed E-state index contributed by atoms with van der Waals surface area (Å²) < 4.78 is 0. The lowest BCUT2D eigenvalue weighted by Crippen LogP contribution is -2.38. The van der Waals surface area contributed by atoms with Crippen molar-refractivity contribution in [3.05, 3.63) is 59.7 Å². The van der Waals surface area contributed by atoms with Crippen LogP contribution in [0.25, 0.3) is 0 Å². The second-order valence-electron chi connectivity index (χ2n) is 7.41. The van der Waals surface area contributed by atoms with Crippen LogP contribution < -0.4 is 4.90 Å². The molecule has 0 radical (unpaired) electrons. The van der Waals surface area contributed by atoms with Crippen LogP contribution in [0.15, 0.2) is 53.4 Å². The van der Waals surface area contributed by atoms with Gasteiger partial charge >= 0.3 is 0 Å². The highest BCUT2D eigenvalue weighted by Gasteiger charge is 2.25. The number of piperidine rings is 1. The van der Waals surface area contributed by atoms with Crippen molar-refractivity contribution < 1.29 is 9.59 Å². The van der Waals surface area contributed by atoms with Crippen LogP contribution in [0.3, 0.4) is 0 Å². The van der Waals surface area contributed by atoms with E-state index >= 15 is 0 Å². The molecule has 2 heterocycles. The molecule has 0 aromatic heterocycles. The van der Waals surface area contributed by atoms with Gasteiger partial charge in [-0.3, -0.25) is 9.59 Å². The fourth-order valence-electron chi connectivity index (χ4n) is 3.71. The number of nitrogens with zero attached hydrogens (tertiary/aromatic N) is 2. The van der Waals surface area contributed by atoms with Gasteiger partial charge in [-0.1, -0.05) is 31.2 Å². The minimum atomic E-state index is 0.102. The SMILES string of the molecule is CC1CCN(C(=O)c2cccc(CN3C(=O)CSc4ccccc43)c2)CC1. The topological polar surface area (TPSA) is 40.6 Å². The molecule has 2 aliphatic rings. The van der Waals surface area contributed by atoms with Gasteiger partial charge in [-0.15, -0.1) is 11.8 Å². The number of amides is 2. The van der Waals surface area contributed by atoms with E-state index in [4.69, 9.17) is 0 Å². The smallest absolute Gasteiger partial charge is 0.253 e. The number of hydrogen-bond acceptors (Lipinski definition) is 3. The van der Waals surface area contributed by atoms with E-state index in [-0.39, 0.29) is 11.8 Å². The minimum absolute atomic E-state index is 0.102. The number of thioether (sulfide) groups is 1. The summed E-state index contributed by atoms with van der Waals surface area (Å²) in [4.78, 5) is 30.3. The molecule has 0 aliphatic carbocycles. The average molecular weight is 381 g/mol. The lowest BCUT2D eigenvalue weighted by atomic mass is 9.98. The summed E-state index contributed by atoms with van der Waals surface area (Å²) in [6, 6.07) is 15.7. The highest BCUT2D eigenvalue weighted by molar-refractivity contribution is 8.00. The lowest BCUT2D eigenvalue weighted by molar-refractivity contribution is -0.116. The molecule has 0 N–H and O–H groups in total. The molecule has 0 bridgehead atoms. The first-order valence-corrected chi connectivity index (χ1v) is 10.5. The van der Waals surface area contributed by atoms with Gasteiger partial charge in [-0.2, -0.15) is 0 Å². The summed E-state index contributed by atoms with van der Waals surface area (Å²) in [5, 5.41) is 0. The predicted octanol–water partition coefficient (Wildman–Crippen LogP) is 4.20. The number of benzene rings is 2. The van der Waals surface area contributed by atoms with Gasteiger partial charge in [0.25, 0.3) is 5.91 Å². The van der Waals surface area contributed by atoms with Gasteiger partial charge in [-0.25, -0.2) is 0 Å². The first kappa shape index (κ1) is 18.1. The molecule has 2 amide bonds. The van der Waals surface area contributed by atoms with E-state index in [2.05, 4.69) is 13.0 Å². The maximum atomic E-state index is 12.9. The second kappa shape index (κ2) is 7.77. The van der Waals surface area contributed by atoms with E-state index in [1.165, 1.54) is 0 Å². The summed E-state index contributed by atoms with van der Waals surface area (Å²) >= 11 is 1.59. The number of carbonyl (C=O) groups is 2. The van der Waals surface area contributed by atoms with E-state index in [1.54, 1.807) is 11.8 Å². The van der Waals surface area contributed by atoms with Gasteiger partial charge in [0.05, 0.1) is 18.0 Å². The third-order valence-electron chi connectivity index (χ3n) is 5.39. The monoisotopic (exact) mass is 380 g/mol. The van der Waals surface area contributed by atoms with Gasteiger partial charge in [0.2, 0.25) is 5.91 Å². The number of likely N-dealkylation sites (tertiary alicyclic amines) is 1. The maximum absolute atomic E-state index is 12.9. The van der Waals surface area contributed by atoms with Gasteiger partial charge in [0.15, 0.2) is 0 Å². The Hall–Kier alpha value is -2.27. The molecule has 2 aromatic carbocycles. The second-order valence-corrected chi connectivity index (χ2v) is 8.43. The molecule has 0 atom stereocenters. The van der Waals surface area contributed by atoms with Crippen LogP contribution in [-0.2, 0) is 11.3 Å².